The molecule has 0 aliphatic heterocycles. The van der Waals surface area contributed by atoms with Gasteiger partial charge in [-0.1, -0.05) is 18.2 Å². The first-order valence-corrected chi connectivity index (χ1v) is 6.65. The van der Waals surface area contributed by atoms with Crippen LogP contribution in [-0.2, 0) is 7.05 Å². The van der Waals surface area contributed by atoms with Crippen LogP contribution in [0.3, 0.4) is 0 Å². The zero-order chi connectivity index (χ0) is 14.4. The number of hydrogen-bond acceptors (Lipinski definition) is 3. The van der Waals surface area contributed by atoms with Gasteiger partial charge >= 0.3 is 0 Å². The van der Waals surface area contributed by atoms with Gasteiger partial charge in [0.2, 0.25) is 0 Å². The lowest BCUT2D eigenvalue weighted by Gasteiger charge is -2.09. The van der Waals surface area contributed by atoms with Crippen LogP contribution in [0.4, 0.5) is 5.69 Å². The number of fused-ring (bicyclic) bond motifs is 1. The second-order valence-corrected chi connectivity index (χ2v) is 5.16. The smallest absolute Gasteiger partial charge is 0.126 e. The summed E-state index contributed by atoms with van der Waals surface area (Å²) >= 11 is 0. The Balaban J connectivity index is 2.44. The molecule has 20 heavy (non-hydrogen) atoms. The molecule has 4 nitrogen and oxygen atoms in total. The van der Waals surface area contributed by atoms with Crippen molar-refractivity contribution in [3.8, 4) is 11.3 Å². The maximum absolute atomic E-state index is 6.22. The number of aromatic nitrogens is 3. The predicted molar refractivity (Wildman–Crippen MR) is 82.6 cm³/mol. The maximum Gasteiger partial charge on any atom is 0.126 e. The van der Waals surface area contributed by atoms with Gasteiger partial charge in [0, 0.05) is 29.2 Å². The Morgan fingerprint density at radius 3 is 2.50 bits per heavy atom. The second-order valence-electron chi connectivity index (χ2n) is 5.16. The highest BCUT2D eigenvalue weighted by Crippen LogP contribution is 2.36. The van der Waals surface area contributed by atoms with E-state index in [-0.39, 0.29) is 0 Å². The van der Waals surface area contributed by atoms with E-state index in [2.05, 4.69) is 40.6 Å². The van der Waals surface area contributed by atoms with Crippen molar-refractivity contribution in [2.24, 2.45) is 7.05 Å². The van der Waals surface area contributed by atoms with Gasteiger partial charge < -0.3 is 10.3 Å². The molecule has 2 aromatic heterocycles. The first-order valence-electron chi connectivity index (χ1n) is 6.65. The van der Waals surface area contributed by atoms with E-state index in [1.165, 1.54) is 10.9 Å². The van der Waals surface area contributed by atoms with E-state index >= 15 is 0 Å². The quantitative estimate of drug-likeness (QED) is 0.736. The van der Waals surface area contributed by atoms with Gasteiger partial charge in [-0.3, -0.25) is 0 Å². The Labute approximate surface area is 118 Å². The summed E-state index contributed by atoms with van der Waals surface area (Å²) in [6, 6.07) is 8.32. The van der Waals surface area contributed by atoms with Crippen LogP contribution in [0.15, 0.2) is 24.3 Å². The van der Waals surface area contributed by atoms with Crippen LogP contribution in [0, 0.1) is 20.8 Å². The molecule has 3 aromatic rings. The van der Waals surface area contributed by atoms with Gasteiger partial charge in [-0.05, 0) is 26.8 Å². The molecule has 0 radical (unpaired) electrons. The largest absolute Gasteiger partial charge is 0.395 e. The van der Waals surface area contributed by atoms with Crippen LogP contribution in [-0.4, -0.2) is 14.5 Å². The van der Waals surface area contributed by atoms with Crippen LogP contribution in [0.5, 0.6) is 0 Å². The summed E-state index contributed by atoms with van der Waals surface area (Å²) in [7, 11) is 2.07. The molecule has 0 saturated carbocycles. The first-order chi connectivity index (χ1) is 9.50. The molecule has 0 bridgehead atoms. The molecule has 2 N–H and O–H groups in total. The highest BCUT2D eigenvalue weighted by Gasteiger charge is 2.18. The molecule has 0 fully saturated rings. The van der Waals surface area contributed by atoms with Crippen molar-refractivity contribution in [1.82, 2.24) is 14.5 Å². The van der Waals surface area contributed by atoms with Crippen molar-refractivity contribution in [1.29, 1.82) is 0 Å². The van der Waals surface area contributed by atoms with Crippen LogP contribution < -0.4 is 5.73 Å². The fourth-order valence-electron chi connectivity index (χ4n) is 2.73. The number of rotatable bonds is 1. The molecule has 0 unspecified atom stereocenters. The molecule has 1 aromatic carbocycles. The minimum absolute atomic E-state index is 0.662. The Morgan fingerprint density at radius 2 is 1.75 bits per heavy atom. The van der Waals surface area contributed by atoms with Crippen LogP contribution in [0.25, 0.3) is 22.2 Å². The van der Waals surface area contributed by atoms with Gasteiger partial charge in [0.1, 0.15) is 5.82 Å². The molecule has 2 heterocycles. The van der Waals surface area contributed by atoms with E-state index in [1.807, 2.05) is 26.0 Å². The minimum Gasteiger partial charge on any atom is -0.395 e. The van der Waals surface area contributed by atoms with Gasteiger partial charge in [0.15, 0.2) is 0 Å². The van der Waals surface area contributed by atoms with Crippen LogP contribution in [0.1, 0.15) is 17.2 Å². The monoisotopic (exact) mass is 266 g/mol. The third-order valence-electron chi connectivity index (χ3n) is 3.88. The number of nitrogen functional groups attached to an aromatic ring is 1. The second kappa shape index (κ2) is 4.34. The number of para-hydroxylation sites is 1. The first kappa shape index (κ1) is 12.7. The summed E-state index contributed by atoms with van der Waals surface area (Å²) in [5.41, 5.74) is 12.0. The van der Waals surface area contributed by atoms with Crippen LogP contribution in [0.2, 0.25) is 0 Å². The van der Waals surface area contributed by atoms with Crippen molar-refractivity contribution in [2.45, 2.75) is 20.8 Å². The van der Waals surface area contributed by atoms with E-state index in [4.69, 9.17) is 5.73 Å². The van der Waals surface area contributed by atoms with Gasteiger partial charge in [-0.2, -0.15) is 0 Å². The highest BCUT2D eigenvalue weighted by molar-refractivity contribution is 5.99. The molecular formula is C16H18N4. The molecule has 0 saturated heterocycles. The van der Waals surface area contributed by atoms with Gasteiger partial charge in [0.25, 0.3) is 0 Å². The zero-order valence-electron chi connectivity index (χ0n) is 12.2. The normalized spacial score (nSPS) is 11.2. The molecule has 0 atom stereocenters. The third kappa shape index (κ3) is 1.68. The number of nitrogens with two attached hydrogens (primary N) is 1. The predicted octanol–water partition coefficient (Wildman–Crippen LogP) is 3.14. The zero-order valence-corrected chi connectivity index (χ0v) is 12.2. The van der Waals surface area contributed by atoms with E-state index in [0.29, 0.717) is 5.69 Å². The molecule has 3 rings (SSSR count). The van der Waals surface area contributed by atoms with E-state index in [0.717, 1.165) is 28.5 Å². The summed E-state index contributed by atoms with van der Waals surface area (Å²) in [5, 5.41) is 1.18. The van der Waals surface area contributed by atoms with Crippen molar-refractivity contribution in [2.75, 3.05) is 5.73 Å². The van der Waals surface area contributed by atoms with Gasteiger partial charge in [-0.15, -0.1) is 0 Å². The summed E-state index contributed by atoms with van der Waals surface area (Å²) in [6.45, 7) is 5.92. The number of hydrogen-bond donors (Lipinski definition) is 1. The molecule has 0 amide bonds. The number of benzene rings is 1. The highest BCUT2D eigenvalue weighted by atomic mass is 15.0. The summed E-state index contributed by atoms with van der Waals surface area (Å²) in [4.78, 5) is 8.91. The third-order valence-corrected chi connectivity index (χ3v) is 3.88. The average molecular weight is 266 g/mol. The van der Waals surface area contributed by atoms with Crippen molar-refractivity contribution >= 4 is 16.6 Å². The van der Waals surface area contributed by atoms with Crippen LogP contribution >= 0.6 is 0 Å². The standard InChI is InChI=1S/C16H18N4/c1-9-15(17)16(19-11(3)18-9)14-10(2)20(4)13-8-6-5-7-12(13)14/h5-8H,17H2,1-4H3. The molecule has 0 aliphatic rings. The maximum atomic E-state index is 6.22. The lowest BCUT2D eigenvalue weighted by Crippen LogP contribution is -2.03. The Kier molecular flexibility index (Phi) is 2.74. The van der Waals surface area contributed by atoms with Gasteiger partial charge in [-0.25, -0.2) is 9.97 Å². The molecule has 0 aliphatic carbocycles. The molecule has 102 valence electrons. The minimum atomic E-state index is 0.662. The Morgan fingerprint density at radius 1 is 1.05 bits per heavy atom. The lowest BCUT2D eigenvalue weighted by molar-refractivity contribution is 0.917. The Bertz CT molecular complexity index is 815. The average Bonchev–Trinajstić information content (AvgIpc) is 2.67. The van der Waals surface area contributed by atoms with E-state index in [1.54, 1.807) is 0 Å². The Hall–Kier alpha value is -2.36. The number of nitrogens with zero attached hydrogens (tertiary/aromatic N) is 3. The lowest BCUT2D eigenvalue weighted by atomic mass is 10.1. The summed E-state index contributed by atoms with van der Waals surface area (Å²) in [5.74, 6) is 0.749. The summed E-state index contributed by atoms with van der Waals surface area (Å²) in [6.07, 6.45) is 0. The van der Waals surface area contributed by atoms with E-state index < -0.39 is 0 Å². The SMILES string of the molecule is Cc1nc(C)c(N)c(-c2c(C)n(C)c3ccccc23)n1. The number of aryl methyl sites for hydroxylation is 3. The number of anilines is 1. The summed E-state index contributed by atoms with van der Waals surface area (Å²) < 4.78 is 2.18. The van der Waals surface area contributed by atoms with Crippen molar-refractivity contribution in [3.05, 3.63) is 41.5 Å². The molecule has 0 spiro atoms. The topological polar surface area (TPSA) is 56.7 Å². The van der Waals surface area contributed by atoms with E-state index in [9.17, 15) is 0 Å². The molecule has 4 heteroatoms. The molecular weight excluding hydrogens is 248 g/mol. The van der Waals surface area contributed by atoms with Crippen molar-refractivity contribution in [3.63, 3.8) is 0 Å². The van der Waals surface area contributed by atoms with Crippen molar-refractivity contribution < 1.29 is 0 Å². The fraction of sp³-hybridized carbons (Fsp3) is 0.250. The fourth-order valence-corrected chi connectivity index (χ4v) is 2.73. The van der Waals surface area contributed by atoms with Gasteiger partial charge in [0.05, 0.1) is 17.1 Å².